The maximum absolute atomic E-state index is 11.1. The van der Waals surface area contributed by atoms with Crippen molar-refractivity contribution in [1.82, 2.24) is 0 Å². The zero-order chi connectivity index (χ0) is 15.1. The van der Waals surface area contributed by atoms with Crippen LogP contribution in [0.15, 0.2) is 18.2 Å². The zero-order valence-corrected chi connectivity index (χ0v) is 11.2. The van der Waals surface area contributed by atoms with Crippen molar-refractivity contribution in [2.45, 2.75) is 24.6 Å². The van der Waals surface area contributed by atoms with Crippen LogP contribution in [0.2, 0.25) is 0 Å². The van der Waals surface area contributed by atoms with Crippen LogP contribution in [-0.2, 0) is 4.74 Å². The fourth-order valence-corrected chi connectivity index (χ4v) is 3.07. The highest BCUT2D eigenvalue weighted by Crippen LogP contribution is 2.40. The van der Waals surface area contributed by atoms with E-state index in [0.29, 0.717) is 18.2 Å². The standard InChI is InChI=1S/C13H16N4O4/c14-10-7-3-4-21-12(7)11(10)16-8-2-1-6(13(15)18)5-9(8)17(19)20/h1-2,5,7,10-12,16H,3-4,14H2,(H2,15,18). The monoisotopic (exact) mass is 292 g/mol. The molecule has 1 saturated carbocycles. The Labute approximate surface area is 120 Å². The van der Waals surface area contributed by atoms with Crippen molar-refractivity contribution in [3.8, 4) is 0 Å². The number of amides is 1. The van der Waals surface area contributed by atoms with Gasteiger partial charge in [0.05, 0.1) is 17.1 Å². The molecule has 1 aromatic carbocycles. The Kier molecular flexibility index (Phi) is 3.26. The number of nitrogens with two attached hydrogens (primary N) is 2. The number of nitrogens with zero attached hydrogens (tertiary/aromatic N) is 1. The summed E-state index contributed by atoms with van der Waals surface area (Å²) in [5, 5.41) is 14.2. The quantitative estimate of drug-likeness (QED) is 0.537. The number of nitrogens with one attached hydrogen (secondary N) is 1. The van der Waals surface area contributed by atoms with E-state index in [9.17, 15) is 14.9 Å². The van der Waals surface area contributed by atoms with Crippen LogP contribution in [0.25, 0.3) is 0 Å². The number of anilines is 1. The van der Waals surface area contributed by atoms with Gasteiger partial charge in [-0.1, -0.05) is 0 Å². The number of benzene rings is 1. The van der Waals surface area contributed by atoms with E-state index in [1.54, 1.807) is 0 Å². The first kappa shape index (κ1) is 13.8. The van der Waals surface area contributed by atoms with Gasteiger partial charge in [-0.3, -0.25) is 14.9 Å². The Hall–Kier alpha value is -2.19. The SMILES string of the molecule is NC(=O)c1ccc(NC2C(N)C3CCOC32)c([N+](=O)[O-])c1. The van der Waals surface area contributed by atoms with E-state index >= 15 is 0 Å². The summed E-state index contributed by atoms with van der Waals surface area (Å²) < 4.78 is 5.58. The number of primary amides is 1. The van der Waals surface area contributed by atoms with Gasteiger partial charge in [0.2, 0.25) is 5.91 Å². The maximum Gasteiger partial charge on any atom is 0.293 e. The molecule has 3 rings (SSSR count). The summed E-state index contributed by atoms with van der Waals surface area (Å²) in [5.74, 6) is -0.393. The molecular formula is C13H16N4O4. The number of hydrogen-bond donors (Lipinski definition) is 3. The van der Waals surface area contributed by atoms with Gasteiger partial charge in [0.15, 0.2) is 0 Å². The van der Waals surface area contributed by atoms with Gasteiger partial charge in [0.25, 0.3) is 5.69 Å². The average Bonchev–Trinajstić information content (AvgIpc) is 2.89. The van der Waals surface area contributed by atoms with Crippen LogP contribution >= 0.6 is 0 Å². The largest absolute Gasteiger partial charge is 0.376 e. The Morgan fingerprint density at radius 2 is 2.24 bits per heavy atom. The van der Waals surface area contributed by atoms with Crippen molar-refractivity contribution < 1.29 is 14.5 Å². The first-order valence-corrected chi connectivity index (χ1v) is 6.71. The lowest BCUT2D eigenvalue weighted by molar-refractivity contribution is -0.384. The van der Waals surface area contributed by atoms with E-state index in [2.05, 4.69) is 5.32 Å². The van der Waals surface area contributed by atoms with Crippen molar-refractivity contribution in [2.24, 2.45) is 17.4 Å². The summed E-state index contributed by atoms with van der Waals surface area (Å²) in [4.78, 5) is 21.7. The van der Waals surface area contributed by atoms with E-state index in [4.69, 9.17) is 16.2 Å². The molecule has 1 heterocycles. The lowest BCUT2D eigenvalue weighted by Gasteiger charge is -2.46. The van der Waals surface area contributed by atoms with E-state index < -0.39 is 10.8 Å². The third-order valence-electron chi connectivity index (χ3n) is 4.25. The minimum Gasteiger partial charge on any atom is -0.376 e. The molecule has 2 aliphatic rings. The van der Waals surface area contributed by atoms with E-state index in [0.717, 1.165) is 6.42 Å². The molecule has 1 aliphatic heterocycles. The van der Waals surface area contributed by atoms with Gasteiger partial charge >= 0.3 is 0 Å². The fourth-order valence-electron chi connectivity index (χ4n) is 3.07. The zero-order valence-electron chi connectivity index (χ0n) is 11.2. The van der Waals surface area contributed by atoms with Crippen LogP contribution in [0.3, 0.4) is 0 Å². The van der Waals surface area contributed by atoms with Gasteiger partial charge < -0.3 is 21.5 Å². The van der Waals surface area contributed by atoms with Gasteiger partial charge in [-0.2, -0.15) is 0 Å². The minimum absolute atomic E-state index is 0.00424. The Bertz CT molecular complexity index is 606. The Balaban J connectivity index is 1.85. The van der Waals surface area contributed by atoms with Gasteiger partial charge in [-0.15, -0.1) is 0 Å². The lowest BCUT2D eigenvalue weighted by atomic mass is 9.72. The van der Waals surface area contributed by atoms with Crippen molar-refractivity contribution in [2.75, 3.05) is 11.9 Å². The predicted molar refractivity (Wildman–Crippen MR) is 74.8 cm³/mol. The van der Waals surface area contributed by atoms with Crippen molar-refractivity contribution in [3.05, 3.63) is 33.9 Å². The van der Waals surface area contributed by atoms with Gasteiger partial charge in [-0.05, 0) is 18.6 Å². The van der Waals surface area contributed by atoms with Crippen molar-refractivity contribution in [3.63, 3.8) is 0 Å². The molecule has 2 fully saturated rings. The Morgan fingerprint density at radius 3 is 2.90 bits per heavy atom. The molecule has 0 aromatic heterocycles. The number of hydrogen-bond acceptors (Lipinski definition) is 6. The third kappa shape index (κ3) is 2.22. The highest BCUT2D eigenvalue weighted by Gasteiger charge is 2.52. The van der Waals surface area contributed by atoms with Crippen molar-refractivity contribution in [1.29, 1.82) is 0 Å². The molecule has 4 atom stereocenters. The molecular weight excluding hydrogens is 276 g/mol. The molecule has 112 valence electrons. The van der Waals surface area contributed by atoms with Crippen LogP contribution in [0.1, 0.15) is 16.8 Å². The van der Waals surface area contributed by atoms with E-state index in [-0.39, 0.29) is 29.4 Å². The van der Waals surface area contributed by atoms with Crippen LogP contribution in [0.4, 0.5) is 11.4 Å². The molecule has 0 radical (unpaired) electrons. The summed E-state index contributed by atoms with van der Waals surface area (Å²) in [7, 11) is 0. The minimum atomic E-state index is -0.704. The van der Waals surface area contributed by atoms with Gasteiger partial charge in [-0.25, -0.2) is 0 Å². The molecule has 21 heavy (non-hydrogen) atoms. The second kappa shape index (κ2) is 4.97. The highest BCUT2D eigenvalue weighted by molar-refractivity contribution is 5.94. The normalized spacial score (nSPS) is 30.3. The molecule has 8 nitrogen and oxygen atoms in total. The first-order valence-electron chi connectivity index (χ1n) is 6.71. The molecule has 1 saturated heterocycles. The Morgan fingerprint density at radius 1 is 1.48 bits per heavy atom. The number of rotatable bonds is 4. The molecule has 1 amide bonds. The topological polar surface area (TPSA) is 134 Å². The summed E-state index contributed by atoms with van der Waals surface area (Å²) >= 11 is 0. The van der Waals surface area contributed by atoms with Gasteiger partial charge in [0, 0.05) is 30.2 Å². The van der Waals surface area contributed by atoms with E-state index in [1.807, 2.05) is 0 Å². The lowest BCUT2D eigenvalue weighted by Crippen LogP contribution is -2.65. The van der Waals surface area contributed by atoms with Crippen LogP contribution in [-0.4, -0.2) is 35.6 Å². The number of nitro benzene ring substituents is 1. The maximum atomic E-state index is 11.1. The molecule has 1 aromatic rings. The van der Waals surface area contributed by atoms with E-state index in [1.165, 1.54) is 18.2 Å². The summed E-state index contributed by atoms with van der Waals surface area (Å²) in [6, 6.07) is 3.85. The van der Waals surface area contributed by atoms with Crippen LogP contribution < -0.4 is 16.8 Å². The second-order valence-corrected chi connectivity index (χ2v) is 5.39. The number of carbonyl (C=O) groups is 1. The number of fused-ring (bicyclic) bond motifs is 1. The molecule has 4 unspecified atom stereocenters. The summed E-state index contributed by atoms with van der Waals surface area (Å²) in [6.45, 7) is 0.671. The fraction of sp³-hybridized carbons (Fsp3) is 0.462. The molecule has 0 spiro atoms. The van der Waals surface area contributed by atoms with Crippen molar-refractivity contribution >= 4 is 17.3 Å². The molecule has 8 heteroatoms. The number of nitro groups is 1. The summed E-state index contributed by atoms with van der Waals surface area (Å²) in [5.41, 5.74) is 11.4. The average molecular weight is 292 g/mol. The first-order chi connectivity index (χ1) is 9.99. The van der Waals surface area contributed by atoms with Crippen LogP contribution in [0, 0.1) is 16.0 Å². The van der Waals surface area contributed by atoms with Crippen LogP contribution in [0.5, 0.6) is 0 Å². The molecule has 0 bridgehead atoms. The second-order valence-electron chi connectivity index (χ2n) is 5.39. The molecule has 1 aliphatic carbocycles. The smallest absolute Gasteiger partial charge is 0.293 e. The number of ether oxygens (including phenoxy) is 1. The highest BCUT2D eigenvalue weighted by atomic mass is 16.6. The number of carbonyl (C=O) groups excluding carboxylic acids is 1. The molecule has 5 N–H and O–H groups in total. The van der Waals surface area contributed by atoms with Gasteiger partial charge in [0.1, 0.15) is 5.69 Å². The third-order valence-corrected chi connectivity index (χ3v) is 4.25. The summed E-state index contributed by atoms with van der Waals surface area (Å²) in [6.07, 6.45) is 0.919. The predicted octanol–water partition coefficient (Wildman–Crippen LogP) is 0.220.